The second kappa shape index (κ2) is 6.37. The summed E-state index contributed by atoms with van der Waals surface area (Å²) in [7, 11) is 0. The number of carboxylic acids is 1. The molecule has 4 N–H and O–H groups in total. The summed E-state index contributed by atoms with van der Waals surface area (Å²) in [5, 5.41) is 11.6. The number of aromatic carboxylic acids is 1. The molecule has 0 heterocycles. The van der Waals surface area contributed by atoms with Gasteiger partial charge in [-0.05, 0) is 23.6 Å². The fourth-order valence-corrected chi connectivity index (χ4v) is 2.00. The fourth-order valence-electron chi connectivity index (χ4n) is 1.50. The summed E-state index contributed by atoms with van der Waals surface area (Å²) < 4.78 is 0.591. The Labute approximate surface area is 126 Å². The van der Waals surface area contributed by atoms with Gasteiger partial charge < -0.3 is 16.2 Å². The Bertz CT molecular complexity index is 524. The smallest absolute Gasteiger partial charge is 0.335 e. The number of carbonyl (C=O) groups excluding carboxylic acids is 1. The van der Waals surface area contributed by atoms with Crippen LogP contribution in [0.3, 0.4) is 0 Å². The molecule has 0 radical (unpaired) electrons. The third kappa shape index (κ3) is 4.94. The van der Waals surface area contributed by atoms with Crippen molar-refractivity contribution in [3.05, 3.63) is 28.2 Å². The number of carboxylic acid groups (broad SMARTS) is 1. The normalized spacial score (nSPS) is 12.8. The maximum atomic E-state index is 11.9. The van der Waals surface area contributed by atoms with Crippen LogP contribution < -0.4 is 11.1 Å². The number of benzene rings is 1. The Morgan fingerprint density at radius 3 is 2.45 bits per heavy atom. The van der Waals surface area contributed by atoms with Gasteiger partial charge in [-0.15, -0.1) is 0 Å². The molecule has 0 saturated heterocycles. The number of amides is 1. The summed E-state index contributed by atoms with van der Waals surface area (Å²) in [5.41, 5.74) is 6.32. The van der Waals surface area contributed by atoms with Crippen LogP contribution in [0.5, 0.6) is 0 Å². The van der Waals surface area contributed by atoms with Gasteiger partial charge in [0.25, 0.3) is 0 Å². The zero-order valence-electron chi connectivity index (χ0n) is 11.7. The van der Waals surface area contributed by atoms with Crippen molar-refractivity contribution >= 4 is 33.5 Å². The van der Waals surface area contributed by atoms with Crippen molar-refractivity contribution in [2.24, 2.45) is 11.1 Å². The second-order valence-electron chi connectivity index (χ2n) is 5.76. The molecular formula is C14H19BrN2O3. The lowest BCUT2D eigenvalue weighted by Gasteiger charge is -2.26. The molecule has 1 unspecified atom stereocenters. The molecule has 110 valence electrons. The van der Waals surface area contributed by atoms with Gasteiger partial charge in [0.2, 0.25) is 5.91 Å². The molecule has 6 heteroatoms. The van der Waals surface area contributed by atoms with E-state index in [0.29, 0.717) is 10.2 Å². The molecule has 1 aromatic carbocycles. The van der Waals surface area contributed by atoms with Crippen molar-refractivity contribution in [2.45, 2.75) is 33.2 Å². The van der Waals surface area contributed by atoms with Crippen LogP contribution in [0.25, 0.3) is 0 Å². The van der Waals surface area contributed by atoms with E-state index in [0.717, 1.165) is 0 Å². The lowest BCUT2D eigenvalue weighted by Crippen LogP contribution is -2.38. The van der Waals surface area contributed by atoms with E-state index in [1.165, 1.54) is 12.1 Å². The molecule has 1 atom stereocenters. The highest BCUT2D eigenvalue weighted by atomic mass is 79.9. The van der Waals surface area contributed by atoms with Crippen LogP contribution >= 0.6 is 15.9 Å². The van der Waals surface area contributed by atoms with Crippen LogP contribution in [0.1, 0.15) is 37.6 Å². The third-order valence-corrected chi connectivity index (χ3v) is 3.40. The lowest BCUT2D eigenvalue weighted by molar-refractivity contribution is -0.117. The van der Waals surface area contributed by atoms with Gasteiger partial charge in [0, 0.05) is 22.6 Å². The van der Waals surface area contributed by atoms with E-state index in [-0.39, 0.29) is 29.3 Å². The summed E-state index contributed by atoms with van der Waals surface area (Å²) >= 11 is 3.21. The Morgan fingerprint density at radius 2 is 1.95 bits per heavy atom. The van der Waals surface area contributed by atoms with E-state index in [4.69, 9.17) is 10.8 Å². The van der Waals surface area contributed by atoms with Crippen LogP contribution in [-0.2, 0) is 4.79 Å². The molecular weight excluding hydrogens is 324 g/mol. The molecule has 0 aliphatic carbocycles. The minimum absolute atomic E-state index is 0.106. The minimum atomic E-state index is -1.05. The molecule has 0 fully saturated rings. The van der Waals surface area contributed by atoms with Gasteiger partial charge in [-0.25, -0.2) is 4.79 Å². The average Bonchev–Trinajstić information content (AvgIpc) is 2.26. The standard InChI is InChI=1S/C14H19BrN2O3/c1-14(2,3)11(16)7-12(18)17-10-5-8(13(19)20)4-9(15)6-10/h4-6,11H,7,16H2,1-3H3,(H,17,18)(H,19,20). The third-order valence-electron chi connectivity index (χ3n) is 2.95. The maximum Gasteiger partial charge on any atom is 0.335 e. The largest absolute Gasteiger partial charge is 0.478 e. The minimum Gasteiger partial charge on any atom is -0.478 e. The van der Waals surface area contributed by atoms with E-state index in [1.54, 1.807) is 6.07 Å². The lowest BCUT2D eigenvalue weighted by atomic mass is 9.85. The molecule has 0 bridgehead atoms. The van der Waals surface area contributed by atoms with Gasteiger partial charge in [-0.1, -0.05) is 36.7 Å². The zero-order valence-corrected chi connectivity index (χ0v) is 13.3. The highest BCUT2D eigenvalue weighted by Gasteiger charge is 2.23. The summed E-state index contributed by atoms with van der Waals surface area (Å²) in [5.74, 6) is -1.28. The van der Waals surface area contributed by atoms with Crippen molar-refractivity contribution in [3.63, 3.8) is 0 Å². The van der Waals surface area contributed by atoms with Crippen molar-refractivity contribution in [3.8, 4) is 0 Å². The number of halogens is 1. The first-order chi connectivity index (χ1) is 9.09. The Balaban J connectivity index is 2.78. The number of carbonyl (C=O) groups is 2. The number of nitrogens with one attached hydrogen (secondary N) is 1. The SMILES string of the molecule is CC(C)(C)C(N)CC(=O)Nc1cc(Br)cc(C(=O)O)c1. The highest BCUT2D eigenvalue weighted by molar-refractivity contribution is 9.10. The van der Waals surface area contributed by atoms with Crippen LogP contribution in [0.15, 0.2) is 22.7 Å². The molecule has 1 amide bonds. The van der Waals surface area contributed by atoms with E-state index in [2.05, 4.69) is 21.2 Å². The molecule has 1 aromatic rings. The van der Waals surface area contributed by atoms with Crippen LogP contribution in [-0.4, -0.2) is 23.0 Å². The van der Waals surface area contributed by atoms with Gasteiger partial charge in [-0.2, -0.15) is 0 Å². The van der Waals surface area contributed by atoms with Crippen molar-refractivity contribution < 1.29 is 14.7 Å². The molecule has 0 aliphatic heterocycles. The average molecular weight is 343 g/mol. The molecule has 0 saturated carbocycles. The van der Waals surface area contributed by atoms with Crippen molar-refractivity contribution in [1.82, 2.24) is 0 Å². The van der Waals surface area contributed by atoms with Gasteiger partial charge >= 0.3 is 5.97 Å². The van der Waals surface area contributed by atoms with Crippen molar-refractivity contribution in [2.75, 3.05) is 5.32 Å². The van der Waals surface area contributed by atoms with E-state index in [1.807, 2.05) is 20.8 Å². The van der Waals surface area contributed by atoms with E-state index < -0.39 is 5.97 Å². The number of anilines is 1. The van der Waals surface area contributed by atoms with Crippen molar-refractivity contribution in [1.29, 1.82) is 0 Å². The number of hydrogen-bond acceptors (Lipinski definition) is 3. The molecule has 5 nitrogen and oxygen atoms in total. The Morgan fingerprint density at radius 1 is 1.35 bits per heavy atom. The number of rotatable bonds is 4. The molecule has 0 aromatic heterocycles. The first kappa shape index (κ1) is 16.7. The van der Waals surface area contributed by atoms with Crippen LogP contribution in [0.2, 0.25) is 0 Å². The maximum absolute atomic E-state index is 11.9. The van der Waals surface area contributed by atoms with E-state index in [9.17, 15) is 9.59 Å². The first-order valence-electron chi connectivity index (χ1n) is 6.19. The predicted octanol–water partition coefficient (Wildman–Crippen LogP) is 2.85. The predicted molar refractivity (Wildman–Crippen MR) is 81.8 cm³/mol. The monoisotopic (exact) mass is 342 g/mol. The highest BCUT2D eigenvalue weighted by Crippen LogP contribution is 2.22. The Hall–Kier alpha value is -1.40. The summed E-state index contributed by atoms with van der Waals surface area (Å²) in [6.45, 7) is 5.89. The summed E-state index contributed by atoms with van der Waals surface area (Å²) in [6.07, 6.45) is 0.179. The molecule has 20 heavy (non-hydrogen) atoms. The van der Waals surface area contributed by atoms with Gasteiger partial charge in [0.05, 0.1) is 5.56 Å². The molecule has 0 aliphatic rings. The quantitative estimate of drug-likeness (QED) is 0.784. The van der Waals surface area contributed by atoms with Gasteiger partial charge in [0.15, 0.2) is 0 Å². The topological polar surface area (TPSA) is 92.4 Å². The zero-order chi connectivity index (χ0) is 15.5. The Kier molecular flexibility index (Phi) is 5.30. The van der Waals surface area contributed by atoms with Gasteiger partial charge in [-0.3, -0.25) is 4.79 Å². The second-order valence-corrected chi connectivity index (χ2v) is 6.67. The van der Waals surface area contributed by atoms with Crippen LogP contribution in [0, 0.1) is 5.41 Å². The van der Waals surface area contributed by atoms with Gasteiger partial charge in [0.1, 0.15) is 0 Å². The number of nitrogens with two attached hydrogens (primary N) is 1. The van der Waals surface area contributed by atoms with Crippen LogP contribution in [0.4, 0.5) is 5.69 Å². The molecule has 0 spiro atoms. The molecule has 1 rings (SSSR count). The summed E-state index contributed by atoms with van der Waals surface area (Å²) in [6, 6.07) is 4.26. The number of hydrogen-bond donors (Lipinski definition) is 3. The first-order valence-corrected chi connectivity index (χ1v) is 6.98. The van der Waals surface area contributed by atoms with E-state index >= 15 is 0 Å². The fraction of sp³-hybridized carbons (Fsp3) is 0.429. The summed E-state index contributed by atoms with van der Waals surface area (Å²) in [4.78, 5) is 22.9.